The van der Waals surface area contributed by atoms with Crippen LogP contribution in [0.15, 0.2) is 78.9 Å². The zero-order valence-corrected chi connectivity index (χ0v) is 22.9. The van der Waals surface area contributed by atoms with Crippen LogP contribution in [0.2, 0.25) is 0 Å². The summed E-state index contributed by atoms with van der Waals surface area (Å²) >= 11 is 0. The highest BCUT2D eigenvalue weighted by Gasteiger charge is 2.35. The Morgan fingerprint density at radius 1 is 0.512 bits per heavy atom. The number of carbonyl (C=O) groups is 5. The molecule has 214 valence electrons. The van der Waals surface area contributed by atoms with Crippen LogP contribution in [0.4, 0.5) is 0 Å². The number of hydrogen-bond donors (Lipinski definition) is 0. The molecule has 0 atom stereocenters. The van der Waals surface area contributed by atoms with Gasteiger partial charge in [0.15, 0.2) is 0 Å². The summed E-state index contributed by atoms with van der Waals surface area (Å²) in [6.07, 6.45) is 0.257. The van der Waals surface area contributed by atoms with E-state index < -0.39 is 35.3 Å². The molecule has 0 spiro atoms. The predicted molar refractivity (Wildman–Crippen MR) is 146 cm³/mol. The highest BCUT2D eigenvalue weighted by molar-refractivity contribution is 6.03. The Morgan fingerprint density at radius 3 is 1.22 bits per heavy atom. The second kappa shape index (κ2) is 14.4. The van der Waals surface area contributed by atoms with Crippen LogP contribution in [0, 0.1) is 5.41 Å². The van der Waals surface area contributed by atoms with E-state index in [1.165, 1.54) is 38.5 Å². The second-order valence-corrected chi connectivity index (χ2v) is 9.02. The SMILES string of the molecule is CCC(COC(=O)c1ccccc1)(COC(=O)c1ccccc1C(=O)OC)COC(=O)c1ccccc1C(=O)OC. The largest absolute Gasteiger partial charge is 0.465 e. The third-order valence-electron chi connectivity index (χ3n) is 6.39. The number of hydrogen-bond acceptors (Lipinski definition) is 10. The molecule has 3 aromatic rings. The van der Waals surface area contributed by atoms with Crippen LogP contribution in [0.3, 0.4) is 0 Å². The summed E-state index contributed by atoms with van der Waals surface area (Å²) in [6, 6.07) is 20.3. The van der Waals surface area contributed by atoms with Gasteiger partial charge in [-0.15, -0.1) is 0 Å². The Kier molecular flexibility index (Phi) is 10.7. The van der Waals surface area contributed by atoms with Gasteiger partial charge in [-0.3, -0.25) is 0 Å². The van der Waals surface area contributed by atoms with Gasteiger partial charge < -0.3 is 23.7 Å². The molecule has 3 rings (SSSR count). The van der Waals surface area contributed by atoms with Crippen LogP contribution in [-0.2, 0) is 23.7 Å². The molecule has 0 unspecified atom stereocenters. The van der Waals surface area contributed by atoms with Crippen LogP contribution in [0.1, 0.15) is 65.1 Å². The van der Waals surface area contributed by atoms with Gasteiger partial charge in [0.25, 0.3) is 0 Å². The van der Waals surface area contributed by atoms with E-state index in [0.717, 1.165) is 0 Å². The van der Waals surface area contributed by atoms with Crippen molar-refractivity contribution in [3.63, 3.8) is 0 Å². The van der Waals surface area contributed by atoms with Gasteiger partial charge in [-0.05, 0) is 42.8 Å². The van der Waals surface area contributed by atoms with E-state index in [1.54, 1.807) is 61.5 Å². The Labute approximate surface area is 237 Å². The fourth-order valence-electron chi connectivity index (χ4n) is 3.80. The molecule has 0 aliphatic heterocycles. The third-order valence-corrected chi connectivity index (χ3v) is 6.39. The fourth-order valence-corrected chi connectivity index (χ4v) is 3.80. The molecular weight excluding hydrogens is 532 g/mol. The first-order chi connectivity index (χ1) is 19.7. The Morgan fingerprint density at radius 2 is 0.854 bits per heavy atom. The smallest absolute Gasteiger partial charge is 0.339 e. The van der Waals surface area contributed by atoms with E-state index in [0.29, 0.717) is 5.56 Å². The van der Waals surface area contributed by atoms with Crippen molar-refractivity contribution in [1.82, 2.24) is 0 Å². The summed E-state index contributed by atoms with van der Waals surface area (Å²) in [5, 5.41) is 0. The lowest BCUT2D eigenvalue weighted by Crippen LogP contribution is -2.39. The summed E-state index contributed by atoms with van der Waals surface area (Å²) in [4.78, 5) is 63.0. The Bertz CT molecular complexity index is 1320. The van der Waals surface area contributed by atoms with Crippen molar-refractivity contribution in [3.05, 3.63) is 107 Å². The molecule has 0 aliphatic carbocycles. The predicted octanol–water partition coefficient (Wildman–Crippen LogP) is 4.53. The monoisotopic (exact) mass is 562 g/mol. The van der Waals surface area contributed by atoms with E-state index in [2.05, 4.69) is 0 Å². The molecule has 0 radical (unpaired) electrons. The maximum atomic E-state index is 13.0. The van der Waals surface area contributed by atoms with Gasteiger partial charge in [-0.25, -0.2) is 24.0 Å². The molecule has 10 heteroatoms. The lowest BCUT2D eigenvalue weighted by Gasteiger charge is -2.31. The topological polar surface area (TPSA) is 132 Å². The van der Waals surface area contributed by atoms with Crippen LogP contribution in [0.5, 0.6) is 0 Å². The minimum Gasteiger partial charge on any atom is -0.465 e. The summed E-state index contributed by atoms with van der Waals surface area (Å²) in [5.41, 5.74) is -0.863. The number of methoxy groups -OCH3 is 2. The normalized spacial score (nSPS) is 10.7. The van der Waals surface area contributed by atoms with E-state index in [1.807, 2.05) is 0 Å². The van der Waals surface area contributed by atoms with Crippen LogP contribution < -0.4 is 0 Å². The zero-order valence-electron chi connectivity index (χ0n) is 22.9. The number of benzene rings is 3. The van der Waals surface area contributed by atoms with Gasteiger partial charge in [-0.1, -0.05) is 49.4 Å². The Balaban J connectivity index is 1.83. The summed E-state index contributed by atoms with van der Waals surface area (Å²) in [6.45, 7) is 0.829. The number of ether oxygens (including phenoxy) is 5. The summed E-state index contributed by atoms with van der Waals surface area (Å²) < 4.78 is 26.2. The molecule has 0 N–H and O–H groups in total. The first-order valence-corrected chi connectivity index (χ1v) is 12.7. The molecule has 41 heavy (non-hydrogen) atoms. The molecule has 0 aromatic heterocycles. The lowest BCUT2D eigenvalue weighted by atomic mass is 9.87. The average Bonchev–Trinajstić information content (AvgIpc) is 3.03. The zero-order chi connectivity index (χ0) is 29.8. The molecule has 0 bridgehead atoms. The van der Waals surface area contributed by atoms with E-state index >= 15 is 0 Å². The van der Waals surface area contributed by atoms with Gasteiger partial charge in [0, 0.05) is 0 Å². The fraction of sp³-hybridized carbons (Fsp3) is 0.258. The van der Waals surface area contributed by atoms with Crippen molar-refractivity contribution in [1.29, 1.82) is 0 Å². The molecule has 10 nitrogen and oxygen atoms in total. The maximum absolute atomic E-state index is 13.0. The minimum absolute atomic E-state index is 0.0171. The van der Waals surface area contributed by atoms with Crippen molar-refractivity contribution < 1.29 is 47.7 Å². The van der Waals surface area contributed by atoms with Gasteiger partial charge in [0.05, 0.1) is 47.5 Å². The minimum atomic E-state index is -1.17. The summed E-state index contributed by atoms with van der Waals surface area (Å²) in [5.74, 6) is -3.68. The first-order valence-electron chi connectivity index (χ1n) is 12.7. The first kappa shape index (κ1) is 30.6. The van der Waals surface area contributed by atoms with Gasteiger partial charge in [0.1, 0.15) is 19.8 Å². The third kappa shape index (κ3) is 7.78. The standard InChI is InChI=1S/C31H30O10/c1-4-31(18-39-26(32)21-12-6-5-7-13-21,19-40-29(35)24-16-10-8-14-22(24)27(33)37-2)20-41-30(36)25-17-11-9-15-23(25)28(34)38-3/h5-17H,4,18-20H2,1-3H3. The van der Waals surface area contributed by atoms with Gasteiger partial charge in [-0.2, -0.15) is 0 Å². The van der Waals surface area contributed by atoms with Crippen LogP contribution >= 0.6 is 0 Å². The Hall–Kier alpha value is -4.99. The average molecular weight is 563 g/mol. The summed E-state index contributed by atoms with van der Waals surface area (Å²) in [7, 11) is 2.39. The molecule has 0 fully saturated rings. The highest BCUT2D eigenvalue weighted by Crippen LogP contribution is 2.27. The number of rotatable bonds is 12. The molecule has 0 saturated carbocycles. The van der Waals surface area contributed by atoms with Crippen LogP contribution in [0.25, 0.3) is 0 Å². The van der Waals surface area contributed by atoms with Crippen LogP contribution in [-0.4, -0.2) is 63.9 Å². The molecule has 3 aromatic carbocycles. The van der Waals surface area contributed by atoms with Crippen molar-refractivity contribution in [2.24, 2.45) is 5.41 Å². The maximum Gasteiger partial charge on any atom is 0.339 e. The molecule has 0 heterocycles. The van der Waals surface area contributed by atoms with Crippen molar-refractivity contribution in [2.75, 3.05) is 34.0 Å². The van der Waals surface area contributed by atoms with Gasteiger partial charge in [0.2, 0.25) is 0 Å². The van der Waals surface area contributed by atoms with E-state index in [-0.39, 0.29) is 48.5 Å². The van der Waals surface area contributed by atoms with Gasteiger partial charge >= 0.3 is 29.8 Å². The number of esters is 5. The highest BCUT2D eigenvalue weighted by atomic mass is 16.6. The van der Waals surface area contributed by atoms with E-state index in [4.69, 9.17) is 23.7 Å². The second-order valence-electron chi connectivity index (χ2n) is 9.02. The molecule has 0 amide bonds. The molecular formula is C31H30O10. The lowest BCUT2D eigenvalue weighted by molar-refractivity contribution is -0.0383. The van der Waals surface area contributed by atoms with E-state index in [9.17, 15) is 24.0 Å². The quantitative estimate of drug-likeness (QED) is 0.229. The van der Waals surface area contributed by atoms with Crippen molar-refractivity contribution >= 4 is 29.8 Å². The number of carbonyl (C=O) groups excluding carboxylic acids is 5. The van der Waals surface area contributed by atoms with Crippen molar-refractivity contribution in [3.8, 4) is 0 Å². The molecule has 0 saturated heterocycles. The molecule has 0 aliphatic rings. The van der Waals surface area contributed by atoms with Crippen molar-refractivity contribution in [2.45, 2.75) is 13.3 Å².